The smallest absolute Gasteiger partial charge is 0.148 e. The van der Waals surface area contributed by atoms with Crippen LogP contribution in [0.1, 0.15) is 6.92 Å². The van der Waals surface area contributed by atoms with Crippen LogP contribution in [-0.2, 0) is 0 Å². The highest BCUT2D eigenvalue weighted by Gasteiger charge is 2.07. The van der Waals surface area contributed by atoms with Gasteiger partial charge in [0.2, 0.25) is 0 Å². The molecule has 1 aromatic heterocycles. The Morgan fingerprint density at radius 2 is 2.06 bits per heavy atom. The summed E-state index contributed by atoms with van der Waals surface area (Å²) in [6, 6.07) is 7.70. The van der Waals surface area contributed by atoms with Crippen molar-refractivity contribution in [2.24, 2.45) is 0 Å². The van der Waals surface area contributed by atoms with Gasteiger partial charge in [0, 0.05) is 12.1 Å². The minimum absolute atomic E-state index is 0.345. The Labute approximate surface area is 104 Å². The van der Waals surface area contributed by atoms with Crippen LogP contribution in [-0.4, -0.2) is 16.7 Å². The van der Waals surface area contributed by atoms with Crippen LogP contribution < -0.4 is 5.32 Å². The van der Waals surface area contributed by atoms with Crippen LogP contribution >= 0.6 is 11.6 Å². The van der Waals surface area contributed by atoms with Crippen molar-refractivity contribution >= 4 is 17.4 Å². The molecule has 0 amide bonds. The lowest BCUT2D eigenvalue weighted by Gasteiger charge is -2.05. The molecule has 0 aliphatic carbocycles. The predicted molar refractivity (Wildman–Crippen MR) is 66.6 cm³/mol. The highest BCUT2D eigenvalue weighted by molar-refractivity contribution is 6.33. The molecule has 2 rings (SSSR count). The summed E-state index contributed by atoms with van der Waals surface area (Å²) < 4.78 is 13.1. The van der Waals surface area contributed by atoms with Crippen LogP contribution in [0, 0.1) is 5.82 Å². The number of anilines is 1. The molecule has 0 unspecified atom stereocenters. The molecule has 0 fully saturated rings. The Morgan fingerprint density at radius 1 is 1.24 bits per heavy atom. The van der Waals surface area contributed by atoms with Crippen LogP contribution in [0.15, 0.2) is 30.3 Å². The van der Waals surface area contributed by atoms with Crippen molar-refractivity contribution in [1.82, 2.24) is 10.2 Å². The molecule has 88 valence electrons. The molecule has 1 N–H and O–H groups in total. The van der Waals surface area contributed by atoms with E-state index in [4.69, 9.17) is 11.6 Å². The van der Waals surface area contributed by atoms with E-state index < -0.39 is 0 Å². The molecule has 0 saturated heterocycles. The molecule has 0 spiro atoms. The molecule has 2 aromatic rings. The second-order valence-electron chi connectivity index (χ2n) is 3.46. The van der Waals surface area contributed by atoms with Gasteiger partial charge in [-0.1, -0.05) is 11.6 Å². The van der Waals surface area contributed by atoms with E-state index in [9.17, 15) is 4.39 Å². The van der Waals surface area contributed by atoms with Crippen molar-refractivity contribution < 1.29 is 4.39 Å². The highest BCUT2D eigenvalue weighted by atomic mass is 35.5. The summed E-state index contributed by atoms with van der Waals surface area (Å²) in [5.41, 5.74) is 1.10. The van der Waals surface area contributed by atoms with Crippen molar-refractivity contribution in [1.29, 1.82) is 0 Å². The van der Waals surface area contributed by atoms with Crippen LogP contribution in [0.25, 0.3) is 11.3 Å². The summed E-state index contributed by atoms with van der Waals surface area (Å²) in [6.45, 7) is 2.74. The van der Waals surface area contributed by atoms with Gasteiger partial charge in [0.05, 0.1) is 10.7 Å². The molecule has 1 heterocycles. The average molecular weight is 252 g/mol. The zero-order valence-electron chi connectivity index (χ0n) is 9.24. The van der Waals surface area contributed by atoms with E-state index in [2.05, 4.69) is 15.5 Å². The lowest BCUT2D eigenvalue weighted by atomic mass is 10.1. The largest absolute Gasteiger partial charge is 0.369 e. The number of halogens is 2. The van der Waals surface area contributed by atoms with Crippen LogP contribution in [0.2, 0.25) is 5.02 Å². The van der Waals surface area contributed by atoms with Gasteiger partial charge >= 0.3 is 0 Å². The van der Waals surface area contributed by atoms with Crippen LogP contribution in [0.5, 0.6) is 0 Å². The lowest BCUT2D eigenvalue weighted by Crippen LogP contribution is -2.00. The molecule has 3 nitrogen and oxygen atoms in total. The third-order valence-electron chi connectivity index (χ3n) is 2.23. The predicted octanol–water partition coefficient (Wildman–Crippen LogP) is 3.37. The number of benzene rings is 1. The summed E-state index contributed by atoms with van der Waals surface area (Å²) in [4.78, 5) is 0. The van der Waals surface area contributed by atoms with Crippen molar-refractivity contribution in [2.45, 2.75) is 6.92 Å². The van der Waals surface area contributed by atoms with E-state index in [1.807, 2.05) is 6.92 Å². The van der Waals surface area contributed by atoms with Gasteiger partial charge < -0.3 is 5.32 Å². The second-order valence-corrected chi connectivity index (χ2v) is 3.87. The first-order valence-electron chi connectivity index (χ1n) is 5.23. The maximum Gasteiger partial charge on any atom is 0.148 e. The topological polar surface area (TPSA) is 37.8 Å². The first kappa shape index (κ1) is 11.8. The summed E-state index contributed by atoms with van der Waals surface area (Å²) in [5.74, 6) is 0.339. The third kappa shape index (κ3) is 2.71. The second kappa shape index (κ2) is 5.10. The third-order valence-corrected chi connectivity index (χ3v) is 2.56. The highest BCUT2D eigenvalue weighted by Crippen LogP contribution is 2.26. The van der Waals surface area contributed by atoms with Crippen molar-refractivity contribution in [2.75, 3.05) is 11.9 Å². The van der Waals surface area contributed by atoms with Crippen LogP contribution in [0.3, 0.4) is 0 Å². The van der Waals surface area contributed by atoms with Gasteiger partial charge in [-0.15, -0.1) is 10.2 Å². The summed E-state index contributed by atoms with van der Waals surface area (Å²) >= 11 is 5.98. The fraction of sp³-hybridized carbons (Fsp3) is 0.167. The quantitative estimate of drug-likeness (QED) is 0.909. The molecular formula is C12H11ClFN3. The van der Waals surface area contributed by atoms with E-state index >= 15 is 0 Å². The van der Waals surface area contributed by atoms with Crippen molar-refractivity contribution in [3.63, 3.8) is 0 Å². The molecule has 17 heavy (non-hydrogen) atoms. The number of rotatable bonds is 3. The Balaban J connectivity index is 2.36. The van der Waals surface area contributed by atoms with Gasteiger partial charge in [-0.2, -0.15) is 0 Å². The first-order chi connectivity index (χ1) is 8.20. The number of hydrogen-bond donors (Lipinski definition) is 1. The summed E-state index contributed by atoms with van der Waals surface area (Å²) in [7, 11) is 0. The molecule has 0 bridgehead atoms. The maximum absolute atomic E-state index is 13.1. The van der Waals surface area contributed by atoms with Crippen molar-refractivity contribution in [3.8, 4) is 11.3 Å². The molecule has 0 atom stereocenters. The number of nitrogens with one attached hydrogen (secondary N) is 1. The molecule has 1 aromatic carbocycles. The molecule has 0 aliphatic rings. The number of nitrogens with zero attached hydrogens (tertiary/aromatic N) is 2. The van der Waals surface area contributed by atoms with E-state index in [1.165, 1.54) is 18.2 Å². The molecular weight excluding hydrogens is 241 g/mol. The summed E-state index contributed by atoms with van der Waals surface area (Å²) in [5, 5.41) is 11.5. The molecule has 0 saturated carbocycles. The van der Waals surface area contributed by atoms with Gasteiger partial charge in [-0.25, -0.2) is 4.39 Å². The Kier molecular flexibility index (Phi) is 3.54. The number of hydrogen-bond acceptors (Lipinski definition) is 3. The van der Waals surface area contributed by atoms with Gasteiger partial charge in [-0.3, -0.25) is 0 Å². The average Bonchev–Trinajstić information content (AvgIpc) is 2.34. The molecule has 5 heteroatoms. The Bertz CT molecular complexity index is 514. The van der Waals surface area contributed by atoms with E-state index in [1.54, 1.807) is 12.1 Å². The maximum atomic E-state index is 13.1. The van der Waals surface area contributed by atoms with Crippen LogP contribution in [0.4, 0.5) is 10.2 Å². The summed E-state index contributed by atoms with van der Waals surface area (Å²) in [6.07, 6.45) is 0. The molecule has 0 aliphatic heterocycles. The normalized spacial score (nSPS) is 10.3. The molecule has 0 radical (unpaired) electrons. The SMILES string of the molecule is CCNc1ccc(-c2cc(F)ccc2Cl)nn1. The minimum atomic E-state index is -0.345. The Morgan fingerprint density at radius 3 is 2.71 bits per heavy atom. The monoisotopic (exact) mass is 251 g/mol. The zero-order valence-corrected chi connectivity index (χ0v) is 10.0. The standard InChI is InChI=1S/C12H11ClFN3/c1-2-15-12-6-5-11(16-17-12)9-7-8(14)3-4-10(9)13/h3-7H,2H2,1H3,(H,15,17). The van der Waals surface area contributed by atoms with Gasteiger partial charge in [0.15, 0.2) is 0 Å². The minimum Gasteiger partial charge on any atom is -0.369 e. The van der Waals surface area contributed by atoms with Crippen molar-refractivity contribution in [3.05, 3.63) is 41.2 Å². The number of aromatic nitrogens is 2. The fourth-order valence-corrected chi connectivity index (χ4v) is 1.66. The van der Waals surface area contributed by atoms with E-state index in [0.717, 1.165) is 6.54 Å². The van der Waals surface area contributed by atoms with E-state index in [-0.39, 0.29) is 5.82 Å². The van der Waals surface area contributed by atoms with Gasteiger partial charge in [0.25, 0.3) is 0 Å². The Hall–Kier alpha value is -1.68. The van der Waals surface area contributed by atoms with Gasteiger partial charge in [-0.05, 0) is 37.3 Å². The van der Waals surface area contributed by atoms with E-state index in [0.29, 0.717) is 22.1 Å². The van der Waals surface area contributed by atoms with Gasteiger partial charge in [0.1, 0.15) is 11.6 Å². The first-order valence-corrected chi connectivity index (χ1v) is 5.61. The zero-order chi connectivity index (χ0) is 12.3. The lowest BCUT2D eigenvalue weighted by molar-refractivity contribution is 0.628. The fourth-order valence-electron chi connectivity index (χ4n) is 1.45.